The minimum atomic E-state index is 0.707. The molecule has 0 saturated carbocycles. The van der Waals surface area contributed by atoms with Gasteiger partial charge in [-0.1, -0.05) is 48.0 Å². The van der Waals surface area contributed by atoms with Crippen LogP contribution in [0.25, 0.3) is 0 Å². The first kappa shape index (κ1) is 17.4. The van der Waals surface area contributed by atoms with E-state index in [0.717, 1.165) is 12.2 Å². The molecule has 4 rings (SSSR count). The van der Waals surface area contributed by atoms with E-state index in [-0.39, 0.29) is 0 Å². The van der Waals surface area contributed by atoms with E-state index in [1.165, 1.54) is 27.9 Å². The number of imidazole rings is 1. The van der Waals surface area contributed by atoms with Crippen LogP contribution in [0.5, 0.6) is 0 Å². The van der Waals surface area contributed by atoms with Gasteiger partial charge in [0.25, 0.3) is 0 Å². The Bertz CT molecular complexity index is 933. The third-order valence-electron chi connectivity index (χ3n) is 4.74. The number of aryl methyl sites for hydroxylation is 3. The molecular weight excluding hydrogens is 332 g/mol. The summed E-state index contributed by atoms with van der Waals surface area (Å²) in [6, 6.07) is 14.9. The largest absolute Gasteiger partial charge is 0.340 e. The van der Waals surface area contributed by atoms with Crippen LogP contribution in [0.3, 0.4) is 0 Å². The molecule has 0 unspecified atom stereocenters. The summed E-state index contributed by atoms with van der Waals surface area (Å²) in [6.07, 6.45) is 8.11. The van der Waals surface area contributed by atoms with Gasteiger partial charge in [0.05, 0.1) is 18.6 Å². The van der Waals surface area contributed by atoms with Gasteiger partial charge in [0.15, 0.2) is 0 Å². The van der Waals surface area contributed by atoms with Crippen molar-refractivity contribution < 1.29 is 0 Å². The molecule has 0 N–H and O–H groups in total. The Morgan fingerprint density at radius 3 is 2.41 bits per heavy atom. The summed E-state index contributed by atoms with van der Waals surface area (Å²) in [5, 5.41) is 0. The Hall–Kier alpha value is -3.01. The molecule has 3 aromatic rings. The maximum Gasteiger partial charge on any atom is 0.213 e. The molecule has 1 aliphatic heterocycles. The molecule has 0 bridgehead atoms. The quantitative estimate of drug-likeness (QED) is 0.665. The lowest BCUT2D eigenvalue weighted by Gasteiger charge is -2.22. The SMILES string of the molecule is Cc1cc(C)c(N2[C]N(Cc3cn(Cc4ccccc4)cn3)C=C2)c(C)c1. The van der Waals surface area contributed by atoms with Crippen molar-refractivity contribution in [3.05, 3.63) is 102 Å². The van der Waals surface area contributed by atoms with E-state index in [2.05, 4.69) is 96.9 Å². The smallest absolute Gasteiger partial charge is 0.213 e. The minimum absolute atomic E-state index is 0.707. The molecule has 4 heteroatoms. The first-order chi connectivity index (χ1) is 13.1. The van der Waals surface area contributed by atoms with E-state index in [9.17, 15) is 0 Å². The first-order valence-corrected chi connectivity index (χ1v) is 9.21. The van der Waals surface area contributed by atoms with Crippen molar-refractivity contribution in [2.75, 3.05) is 4.90 Å². The van der Waals surface area contributed by atoms with E-state index in [1.54, 1.807) is 0 Å². The van der Waals surface area contributed by atoms with Gasteiger partial charge in [0, 0.05) is 30.8 Å². The molecule has 0 aliphatic carbocycles. The summed E-state index contributed by atoms with van der Waals surface area (Å²) >= 11 is 0. The lowest BCUT2D eigenvalue weighted by molar-refractivity contribution is 0.456. The second-order valence-electron chi connectivity index (χ2n) is 7.17. The standard InChI is InChI=1S/C23H24N4/c1-18-11-19(2)23(20(3)12-18)27-10-9-25(17-27)14-22-15-26(16-24-22)13-21-7-5-4-6-8-21/h4-12,15-16H,13-14H2,1-3H3. The van der Waals surface area contributed by atoms with Crippen LogP contribution < -0.4 is 4.90 Å². The fourth-order valence-corrected chi connectivity index (χ4v) is 3.66. The highest BCUT2D eigenvalue weighted by Crippen LogP contribution is 2.30. The van der Waals surface area contributed by atoms with Crippen LogP contribution in [0, 0.1) is 27.4 Å². The normalized spacial score (nSPS) is 13.6. The summed E-state index contributed by atoms with van der Waals surface area (Å²) in [5.74, 6) is 0. The molecule has 1 aromatic heterocycles. The maximum absolute atomic E-state index is 4.55. The molecule has 1 aliphatic rings. The van der Waals surface area contributed by atoms with Crippen molar-refractivity contribution >= 4 is 5.69 Å². The lowest BCUT2D eigenvalue weighted by Crippen LogP contribution is -2.20. The predicted molar refractivity (Wildman–Crippen MR) is 109 cm³/mol. The second-order valence-corrected chi connectivity index (χ2v) is 7.17. The van der Waals surface area contributed by atoms with Gasteiger partial charge >= 0.3 is 0 Å². The van der Waals surface area contributed by atoms with E-state index >= 15 is 0 Å². The van der Waals surface area contributed by atoms with Gasteiger partial charge in [-0.05, 0) is 37.5 Å². The Kier molecular flexibility index (Phi) is 4.71. The highest BCUT2D eigenvalue weighted by atomic mass is 15.3. The molecule has 2 radical (unpaired) electrons. The zero-order chi connectivity index (χ0) is 18.8. The van der Waals surface area contributed by atoms with Gasteiger partial charge in [0.1, 0.15) is 0 Å². The molecule has 4 nitrogen and oxygen atoms in total. The third-order valence-corrected chi connectivity index (χ3v) is 4.74. The van der Waals surface area contributed by atoms with Crippen LogP contribution in [0.15, 0.2) is 67.4 Å². The summed E-state index contributed by atoms with van der Waals surface area (Å²) in [6.45, 7) is 11.4. The molecule has 0 spiro atoms. The van der Waals surface area contributed by atoms with Gasteiger partial charge in [-0.2, -0.15) is 0 Å². The van der Waals surface area contributed by atoms with E-state index in [4.69, 9.17) is 0 Å². The second kappa shape index (κ2) is 7.31. The number of nitrogens with zero attached hydrogens (tertiary/aromatic N) is 4. The van der Waals surface area contributed by atoms with Crippen LogP contribution in [-0.2, 0) is 13.1 Å². The number of anilines is 1. The molecule has 2 heterocycles. The fraction of sp³-hybridized carbons (Fsp3) is 0.217. The van der Waals surface area contributed by atoms with E-state index in [0.29, 0.717) is 6.54 Å². The fourth-order valence-electron chi connectivity index (χ4n) is 3.66. The zero-order valence-corrected chi connectivity index (χ0v) is 16.1. The Labute approximate surface area is 161 Å². The van der Waals surface area contributed by atoms with Crippen LogP contribution in [0.1, 0.15) is 27.9 Å². The molecule has 27 heavy (non-hydrogen) atoms. The average Bonchev–Trinajstić information content (AvgIpc) is 3.25. The number of hydrogen-bond donors (Lipinski definition) is 0. The molecule has 2 aromatic carbocycles. The molecule has 0 amide bonds. The van der Waals surface area contributed by atoms with Crippen molar-refractivity contribution in [2.45, 2.75) is 33.9 Å². The number of hydrogen-bond acceptors (Lipinski definition) is 3. The van der Waals surface area contributed by atoms with Crippen molar-refractivity contribution in [3.63, 3.8) is 0 Å². The highest BCUT2D eigenvalue weighted by molar-refractivity contribution is 5.63. The van der Waals surface area contributed by atoms with Crippen molar-refractivity contribution in [1.29, 1.82) is 0 Å². The maximum atomic E-state index is 4.55. The van der Waals surface area contributed by atoms with Gasteiger partial charge < -0.3 is 14.4 Å². The van der Waals surface area contributed by atoms with Crippen molar-refractivity contribution in [3.8, 4) is 0 Å². The zero-order valence-electron chi connectivity index (χ0n) is 16.1. The predicted octanol–water partition coefficient (Wildman–Crippen LogP) is 4.65. The minimum Gasteiger partial charge on any atom is -0.340 e. The third kappa shape index (κ3) is 3.90. The monoisotopic (exact) mass is 356 g/mol. The Morgan fingerprint density at radius 1 is 0.926 bits per heavy atom. The van der Waals surface area contributed by atoms with Gasteiger partial charge in [-0.3, -0.25) is 0 Å². The number of aromatic nitrogens is 2. The molecule has 0 atom stereocenters. The number of benzene rings is 2. The Morgan fingerprint density at radius 2 is 1.67 bits per heavy atom. The van der Waals surface area contributed by atoms with Crippen molar-refractivity contribution in [2.24, 2.45) is 0 Å². The van der Waals surface area contributed by atoms with E-state index in [1.807, 2.05) is 17.3 Å². The summed E-state index contributed by atoms with van der Waals surface area (Å²) in [7, 11) is 0. The van der Waals surface area contributed by atoms with Crippen LogP contribution in [-0.4, -0.2) is 14.5 Å². The molecule has 0 saturated heterocycles. The molecular formula is C23H24N4. The molecule has 136 valence electrons. The van der Waals surface area contributed by atoms with E-state index < -0.39 is 0 Å². The van der Waals surface area contributed by atoms with Crippen molar-refractivity contribution in [1.82, 2.24) is 14.5 Å². The topological polar surface area (TPSA) is 24.3 Å². The van der Waals surface area contributed by atoms with Gasteiger partial charge in [-0.25, -0.2) is 4.98 Å². The van der Waals surface area contributed by atoms with Crippen LogP contribution in [0.4, 0.5) is 5.69 Å². The highest BCUT2D eigenvalue weighted by Gasteiger charge is 2.20. The number of rotatable bonds is 5. The first-order valence-electron chi connectivity index (χ1n) is 9.21. The van der Waals surface area contributed by atoms with Crippen LogP contribution >= 0.6 is 0 Å². The van der Waals surface area contributed by atoms with Crippen LogP contribution in [0.2, 0.25) is 0 Å². The van der Waals surface area contributed by atoms with Gasteiger partial charge in [0.2, 0.25) is 6.67 Å². The molecule has 0 fully saturated rings. The Balaban J connectivity index is 1.40. The summed E-state index contributed by atoms with van der Waals surface area (Å²) in [4.78, 5) is 8.67. The average molecular weight is 356 g/mol. The summed E-state index contributed by atoms with van der Waals surface area (Å²) < 4.78 is 2.12. The lowest BCUT2D eigenvalue weighted by atomic mass is 10.0. The summed E-state index contributed by atoms with van der Waals surface area (Å²) in [5.41, 5.74) is 7.32. The van der Waals surface area contributed by atoms with Gasteiger partial charge in [-0.15, -0.1) is 0 Å².